The van der Waals surface area contributed by atoms with Gasteiger partial charge in [0.15, 0.2) is 0 Å². The third-order valence-electron chi connectivity index (χ3n) is 5.12. The summed E-state index contributed by atoms with van der Waals surface area (Å²) >= 11 is 0. The molecule has 30 heavy (non-hydrogen) atoms. The maximum Gasteiger partial charge on any atom is 0.325 e. The molecule has 4 amide bonds. The SMILES string of the molecule is CCCC[C@]1(c2ccc(F)cc2)NC(=O)N(CC(=O)Nc2ccc(C)cc2F)C1=O. The summed E-state index contributed by atoms with van der Waals surface area (Å²) in [7, 11) is 0. The number of carbonyl (C=O) groups is 3. The van der Waals surface area contributed by atoms with Crippen LogP contribution in [0.2, 0.25) is 0 Å². The molecular weight excluding hydrogens is 392 g/mol. The molecule has 1 saturated heterocycles. The van der Waals surface area contributed by atoms with Gasteiger partial charge < -0.3 is 10.6 Å². The first-order chi connectivity index (χ1) is 14.3. The molecule has 1 aliphatic heterocycles. The van der Waals surface area contributed by atoms with E-state index in [0.29, 0.717) is 24.0 Å². The molecule has 0 saturated carbocycles. The van der Waals surface area contributed by atoms with E-state index >= 15 is 0 Å². The van der Waals surface area contributed by atoms with Gasteiger partial charge in [0.1, 0.15) is 23.7 Å². The smallest absolute Gasteiger partial charge is 0.322 e. The van der Waals surface area contributed by atoms with Crippen LogP contribution in [0, 0.1) is 18.6 Å². The highest BCUT2D eigenvalue weighted by Gasteiger charge is 2.52. The van der Waals surface area contributed by atoms with Crippen molar-refractivity contribution in [3.05, 3.63) is 65.2 Å². The lowest BCUT2D eigenvalue weighted by molar-refractivity contribution is -0.134. The molecule has 3 rings (SSSR count). The Morgan fingerprint density at radius 2 is 1.83 bits per heavy atom. The van der Waals surface area contributed by atoms with E-state index in [-0.39, 0.29) is 5.69 Å². The number of nitrogens with one attached hydrogen (secondary N) is 2. The fourth-order valence-electron chi connectivity index (χ4n) is 3.51. The van der Waals surface area contributed by atoms with Crippen molar-refractivity contribution in [2.24, 2.45) is 0 Å². The Morgan fingerprint density at radius 1 is 1.13 bits per heavy atom. The lowest BCUT2D eigenvalue weighted by Crippen LogP contribution is -2.44. The lowest BCUT2D eigenvalue weighted by Gasteiger charge is -2.27. The molecule has 0 aliphatic carbocycles. The summed E-state index contributed by atoms with van der Waals surface area (Å²) in [5, 5.41) is 5.07. The fourth-order valence-corrected chi connectivity index (χ4v) is 3.51. The highest BCUT2D eigenvalue weighted by molar-refractivity contribution is 6.10. The van der Waals surface area contributed by atoms with Crippen LogP contribution in [-0.4, -0.2) is 29.3 Å². The number of unbranched alkanes of at least 4 members (excludes halogenated alkanes) is 1. The number of carbonyl (C=O) groups excluding carboxylic acids is 3. The number of rotatable bonds is 7. The summed E-state index contributed by atoms with van der Waals surface area (Å²) < 4.78 is 27.4. The molecule has 0 spiro atoms. The van der Waals surface area contributed by atoms with Crippen LogP contribution in [0.5, 0.6) is 0 Å². The standard InChI is InChI=1S/C22H23F2N3O3/c1-3-4-11-22(15-6-8-16(23)9-7-15)20(29)27(21(30)26-22)13-19(28)25-18-10-5-14(2)12-17(18)24/h5-10,12H,3-4,11,13H2,1-2H3,(H,25,28)(H,26,30)/t22-/m1/s1. The zero-order chi connectivity index (χ0) is 21.9. The number of aryl methyl sites for hydroxylation is 1. The summed E-state index contributed by atoms with van der Waals surface area (Å²) in [5.41, 5.74) is -0.257. The number of urea groups is 1. The Bertz CT molecular complexity index is 978. The Balaban J connectivity index is 1.82. The van der Waals surface area contributed by atoms with Gasteiger partial charge in [-0.25, -0.2) is 13.6 Å². The Labute approximate surface area is 173 Å². The number of hydrogen-bond acceptors (Lipinski definition) is 3. The molecule has 0 bridgehead atoms. The summed E-state index contributed by atoms with van der Waals surface area (Å²) in [4.78, 5) is 39.0. The van der Waals surface area contributed by atoms with Gasteiger partial charge in [0.05, 0.1) is 5.69 Å². The molecular formula is C22H23F2N3O3. The van der Waals surface area contributed by atoms with Gasteiger partial charge >= 0.3 is 6.03 Å². The van der Waals surface area contributed by atoms with Gasteiger partial charge in [-0.05, 0) is 48.7 Å². The molecule has 0 unspecified atom stereocenters. The van der Waals surface area contributed by atoms with Crippen molar-refractivity contribution in [1.82, 2.24) is 10.2 Å². The van der Waals surface area contributed by atoms with Gasteiger partial charge in [0, 0.05) is 0 Å². The van der Waals surface area contributed by atoms with Crippen molar-refractivity contribution in [2.45, 2.75) is 38.6 Å². The number of hydrogen-bond donors (Lipinski definition) is 2. The third-order valence-corrected chi connectivity index (χ3v) is 5.12. The van der Waals surface area contributed by atoms with E-state index in [2.05, 4.69) is 10.6 Å². The van der Waals surface area contributed by atoms with E-state index in [9.17, 15) is 23.2 Å². The topological polar surface area (TPSA) is 78.5 Å². The zero-order valence-electron chi connectivity index (χ0n) is 16.8. The van der Waals surface area contributed by atoms with Crippen LogP contribution in [0.15, 0.2) is 42.5 Å². The molecule has 6 nitrogen and oxygen atoms in total. The molecule has 0 aromatic heterocycles. The average Bonchev–Trinajstić information content (AvgIpc) is 2.94. The van der Waals surface area contributed by atoms with Crippen molar-refractivity contribution < 1.29 is 23.2 Å². The number of imide groups is 1. The molecule has 2 aromatic rings. The van der Waals surface area contributed by atoms with E-state index in [1.807, 2.05) is 6.92 Å². The molecule has 158 valence electrons. The zero-order valence-corrected chi connectivity index (χ0v) is 16.8. The first kappa shape index (κ1) is 21.4. The van der Waals surface area contributed by atoms with Crippen LogP contribution in [0.25, 0.3) is 0 Å². The number of benzene rings is 2. The van der Waals surface area contributed by atoms with Gasteiger partial charge in [-0.2, -0.15) is 0 Å². The minimum absolute atomic E-state index is 0.0339. The van der Waals surface area contributed by atoms with E-state index < -0.39 is 41.6 Å². The van der Waals surface area contributed by atoms with E-state index in [1.165, 1.54) is 36.4 Å². The van der Waals surface area contributed by atoms with Gasteiger partial charge in [0.25, 0.3) is 5.91 Å². The minimum Gasteiger partial charge on any atom is -0.322 e. The van der Waals surface area contributed by atoms with Crippen LogP contribution in [-0.2, 0) is 15.1 Å². The molecule has 2 aromatic carbocycles. The van der Waals surface area contributed by atoms with Crippen molar-refractivity contribution in [3.63, 3.8) is 0 Å². The first-order valence-electron chi connectivity index (χ1n) is 9.73. The highest BCUT2D eigenvalue weighted by Crippen LogP contribution is 2.34. The van der Waals surface area contributed by atoms with E-state index in [1.54, 1.807) is 13.0 Å². The van der Waals surface area contributed by atoms with Crippen LogP contribution < -0.4 is 10.6 Å². The molecule has 1 fully saturated rings. The van der Waals surface area contributed by atoms with Gasteiger partial charge in [-0.15, -0.1) is 0 Å². The Hall–Kier alpha value is -3.29. The van der Waals surface area contributed by atoms with E-state index in [4.69, 9.17) is 0 Å². The van der Waals surface area contributed by atoms with Gasteiger partial charge in [0.2, 0.25) is 5.91 Å². The normalized spacial score (nSPS) is 18.5. The molecule has 1 aliphatic rings. The summed E-state index contributed by atoms with van der Waals surface area (Å²) in [5.74, 6) is -2.36. The van der Waals surface area contributed by atoms with Gasteiger partial charge in [-0.1, -0.05) is 38.0 Å². The van der Waals surface area contributed by atoms with Crippen LogP contribution >= 0.6 is 0 Å². The number of nitrogens with zero attached hydrogens (tertiary/aromatic N) is 1. The summed E-state index contributed by atoms with van der Waals surface area (Å²) in [6.45, 7) is 3.10. The average molecular weight is 415 g/mol. The quantitative estimate of drug-likeness (QED) is 0.675. The predicted octanol–water partition coefficient (Wildman–Crippen LogP) is 3.85. The fraction of sp³-hybridized carbons (Fsp3) is 0.318. The molecule has 8 heteroatoms. The van der Waals surface area contributed by atoms with Crippen LogP contribution in [0.1, 0.15) is 37.3 Å². The maximum absolute atomic E-state index is 14.0. The molecule has 0 radical (unpaired) electrons. The Kier molecular flexibility index (Phi) is 6.14. The molecule has 1 atom stereocenters. The number of amides is 4. The minimum atomic E-state index is -1.36. The second-order valence-corrected chi connectivity index (χ2v) is 7.37. The molecule has 2 N–H and O–H groups in total. The monoisotopic (exact) mass is 415 g/mol. The summed E-state index contributed by atoms with van der Waals surface area (Å²) in [6, 6.07) is 8.95. The first-order valence-corrected chi connectivity index (χ1v) is 9.73. The predicted molar refractivity (Wildman–Crippen MR) is 108 cm³/mol. The van der Waals surface area contributed by atoms with Gasteiger partial charge in [-0.3, -0.25) is 14.5 Å². The lowest BCUT2D eigenvalue weighted by atomic mass is 9.85. The highest BCUT2D eigenvalue weighted by atomic mass is 19.1. The maximum atomic E-state index is 14.0. The van der Waals surface area contributed by atoms with Crippen molar-refractivity contribution in [3.8, 4) is 0 Å². The number of halogens is 2. The van der Waals surface area contributed by atoms with Crippen molar-refractivity contribution in [2.75, 3.05) is 11.9 Å². The third kappa shape index (κ3) is 4.17. The van der Waals surface area contributed by atoms with Crippen LogP contribution in [0.4, 0.5) is 19.3 Å². The van der Waals surface area contributed by atoms with E-state index in [0.717, 1.165) is 11.3 Å². The van der Waals surface area contributed by atoms with Crippen LogP contribution in [0.3, 0.4) is 0 Å². The van der Waals surface area contributed by atoms with Crippen molar-refractivity contribution >= 4 is 23.5 Å². The van der Waals surface area contributed by atoms with Crippen molar-refractivity contribution in [1.29, 1.82) is 0 Å². The second-order valence-electron chi connectivity index (χ2n) is 7.37. The largest absolute Gasteiger partial charge is 0.325 e. The summed E-state index contributed by atoms with van der Waals surface area (Å²) in [6.07, 6.45) is 1.72. The second kappa shape index (κ2) is 8.61. The number of anilines is 1. The Morgan fingerprint density at radius 3 is 2.47 bits per heavy atom. The molecule has 1 heterocycles.